The molecule has 0 aliphatic carbocycles. The van der Waals surface area contributed by atoms with Gasteiger partial charge in [-0.2, -0.15) is 8.78 Å². The fraction of sp³-hybridized carbons (Fsp3) is 0.111. The second-order valence-electron chi connectivity index (χ2n) is 5.57. The van der Waals surface area contributed by atoms with E-state index >= 15 is 0 Å². The first kappa shape index (κ1) is 20.0. The van der Waals surface area contributed by atoms with Crippen molar-refractivity contribution in [2.75, 3.05) is 0 Å². The van der Waals surface area contributed by atoms with Crippen LogP contribution in [0.25, 0.3) is 11.3 Å². The molecule has 10 heteroatoms. The Morgan fingerprint density at radius 3 is 2.50 bits per heavy atom. The van der Waals surface area contributed by atoms with E-state index in [2.05, 4.69) is 5.16 Å². The molecule has 6 nitrogen and oxygen atoms in total. The number of esters is 1. The molecule has 1 heterocycles. The minimum Gasteiger partial charge on any atom is -0.455 e. The van der Waals surface area contributed by atoms with E-state index in [9.17, 15) is 22.0 Å². The Kier molecular flexibility index (Phi) is 5.76. The lowest BCUT2D eigenvalue weighted by atomic mass is 10.2. The Bertz CT molecular complexity index is 1100. The zero-order valence-corrected chi connectivity index (χ0v) is 15.6. The van der Waals surface area contributed by atoms with Gasteiger partial charge < -0.3 is 9.26 Å². The molecule has 0 amide bonds. The maximum Gasteiger partial charge on any atom is 0.341 e. The number of sulfone groups is 1. The molecule has 0 N–H and O–H groups in total. The molecule has 2 aromatic carbocycles. The Labute approximate surface area is 163 Å². The van der Waals surface area contributed by atoms with Gasteiger partial charge in [0.2, 0.25) is 9.84 Å². The molecule has 0 spiro atoms. The summed E-state index contributed by atoms with van der Waals surface area (Å²) in [4.78, 5) is 11.4. The molecular formula is C18H12ClF2NO5S. The van der Waals surface area contributed by atoms with Gasteiger partial charge in [0, 0.05) is 16.7 Å². The van der Waals surface area contributed by atoms with Crippen molar-refractivity contribution in [3.63, 3.8) is 0 Å². The molecule has 0 fully saturated rings. The summed E-state index contributed by atoms with van der Waals surface area (Å²) in [5, 5.41) is 4.31. The van der Waals surface area contributed by atoms with Gasteiger partial charge in [-0.25, -0.2) is 13.2 Å². The fourth-order valence-electron chi connectivity index (χ4n) is 2.33. The standard InChI is InChI=1S/C18H12ClF2NO5S/c19-12-7-5-11(6-8-12)15-9-13(22-27-15)10-26-17(23)14-3-1-2-4-16(14)28(24,25)18(20)21/h1-9,18H,10H2. The molecular weight excluding hydrogens is 416 g/mol. The van der Waals surface area contributed by atoms with Crippen LogP contribution < -0.4 is 0 Å². The van der Waals surface area contributed by atoms with E-state index in [1.165, 1.54) is 18.2 Å². The van der Waals surface area contributed by atoms with Crippen molar-refractivity contribution in [1.29, 1.82) is 0 Å². The highest BCUT2D eigenvalue weighted by Crippen LogP contribution is 2.25. The first-order valence-electron chi connectivity index (χ1n) is 7.79. The van der Waals surface area contributed by atoms with Crippen LogP contribution in [0.15, 0.2) is 64.0 Å². The van der Waals surface area contributed by atoms with Crippen LogP contribution in [-0.2, 0) is 21.2 Å². The number of ether oxygens (including phenoxy) is 1. The third-order valence-electron chi connectivity index (χ3n) is 3.69. The van der Waals surface area contributed by atoms with Crippen molar-refractivity contribution < 1.29 is 31.3 Å². The third kappa shape index (κ3) is 4.20. The summed E-state index contributed by atoms with van der Waals surface area (Å²) in [7, 11) is -4.95. The van der Waals surface area contributed by atoms with Gasteiger partial charge in [-0.15, -0.1) is 0 Å². The summed E-state index contributed by atoms with van der Waals surface area (Å²) in [6.07, 6.45) is 0. The van der Waals surface area contributed by atoms with Crippen LogP contribution in [0.3, 0.4) is 0 Å². The summed E-state index contributed by atoms with van der Waals surface area (Å²) in [5.74, 6) is -4.32. The first-order chi connectivity index (χ1) is 13.3. The van der Waals surface area contributed by atoms with Crippen LogP contribution in [0, 0.1) is 0 Å². The highest BCUT2D eigenvalue weighted by Gasteiger charge is 2.31. The van der Waals surface area contributed by atoms with E-state index in [0.29, 0.717) is 16.3 Å². The molecule has 0 saturated carbocycles. The topological polar surface area (TPSA) is 86.5 Å². The van der Waals surface area contributed by atoms with Crippen LogP contribution in [-0.4, -0.2) is 25.3 Å². The van der Waals surface area contributed by atoms with Crippen molar-refractivity contribution in [2.24, 2.45) is 0 Å². The van der Waals surface area contributed by atoms with Gasteiger partial charge in [0.25, 0.3) is 0 Å². The number of halogens is 3. The maximum atomic E-state index is 12.8. The SMILES string of the molecule is O=C(OCc1cc(-c2ccc(Cl)cc2)on1)c1ccccc1S(=O)(=O)C(F)F. The number of benzene rings is 2. The van der Waals surface area contributed by atoms with E-state index < -0.39 is 32.0 Å². The number of hydrogen-bond acceptors (Lipinski definition) is 6. The van der Waals surface area contributed by atoms with Gasteiger partial charge in [-0.1, -0.05) is 28.9 Å². The maximum absolute atomic E-state index is 12.8. The van der Waals surface area contributed by atoms with Gasteiger partial charge in [0.1, 0.15) is 12.3 Å². The van der Waals surface area contributed by atoms with Crippen LogP contribution in [0.2, 0.25) is 5.02 Å². The zero-order chi connectivity index (χ0) is 20.3. The summed E-state index contributed by atoms with van der Waals surface area (Å²) in [6, 6.07) is 12.9. The lowest BCUT2D eigenvalue weighted by Gasteiger charge is -2.09. The smallest absolute Gasteiger partial charge is 0.341 e. The molecule has 0 bridgehead atoms. The minimum atomic E-state index is -4.95. The van der Waals surface area contributed by atoms with E-state index in [4.69, 9.17) is 20.9 Å². The molecule has 0 atom stereocenters. The van der Waals surface area contributed by atoms with Gasteiger partial charge in [-0.3, -0.25) is 0 Å². The number of aromatic nitrogens is 1. The van der Waals surface area contributed by atoms with E-state index in [1.807, 2.05) is 0 Å². The molecule has 146 valence electrons. The van der Waals surface area contributed by atoms with Gasteiger partial charge in [0.05, 0.1) is 10.5 Å². The zero-order valence-electron chi connectivity index (χ0n) is 14.0. The van der Waals surface area contributed by atoms with Crippen LogP contribution in [0.1, 0.15) is 16.1 Å². The van der Waals surface area contributed by atoms with Crippen molar-refractivity contribution in [2.45, 2.75) is 17.3 Å². The number of carbonyl (C=O) groups is 1. The summed E-state index contributed by atoms with van der Waals surface area (Å²) >= 11 is 5.82. The predicted octanol–water partition coefficient (Wildman–Crippen LogP) is 4.35. The quantitative estimate of drug-likeness (QED) is 0.543. The summed E-state index contributed by atoms with van der Waals surface area (Å²) in [6.45, 7) is -0.334. The first-order valence-corrected chi connectivity index (χ1v) is 9.71. The molecule has 3 rings (SSSR count). The molecule has 0 radical (unpaired) electrons. The van der Waals surface area contributed by atoms with Gasteiger partial charge >= 0.3 is 11.7 Å². The number of nitrogens with zero attached hydrogens (tertiary/aromatic N) is 1. The number of hydrogen-bond donors (Lipinski definition) is 0. The van der Waals surface area contributed by atoms with Crippen molar-refractivity contribution in [1.82, 2.24) is 5.16 Å². The molecule has 0 aliphatic rings. The van der Waals surface area contributed by atoms with E-state index in [-0.39, 0.29) is 12.3 Å². The highest BCUT2D eigenvalue weighted by atomic mass is 35.5. The third-order valence-corrected chi connectivity index (χ3v) is 5.38. The molecule has 3 aromatic rings. The number of rotatable bonds is 6. The predicted molar refractivity (Wildman–Crippen MR) is 95.7 cm³/mol. The Morgan fingerprint density at radius 2 is 1.82 bits per heavy atom. The molecule has 0 unspecified atom stereocenters. The van der Waals surface area contributed by atoms with Crippen molar-refractivity contribution >= 4 is 27.4 Å². The number of carbonyl (C=O) groups excluding carboxylic acids is 1. The van der Waals surface area contributed by atoms with Gasteiger partial charge in [-0.05, 0) is 36.4 Å². The lowest BCUT2D eigenvalue weighted by molar-refractivity contribution is 0.0459. The minimum absolute atomic E-state index is 0.257. The number of alkyl halides is 2. The Morgan fingerprint density at radius 1 is 1.14 bits per heavy atom. The second-order valence-corrected chi connectivity index (χ2v) is 7.89. The van der Waals surface area contributed by atoms with Gasteiger partial charge in [0.15, 0.2) is 5.76 Å². The largest absolute Gasteiger partial charge is 0.455 e. The van der Waals surface area contributed by atoms with Crippen LogP contribution in [0.5, 0.6) is 0 Å². The van der Waals surface area contributed by atoms with Crippen molar-refractivity contribution in [3.05, 3.63) is 70.9 Å². The van der Waals surface area contributed by atoms with Crippen molar-refractivity contribution in [3.8, 4) is 11.3 Å². The van der Waals surface area contributed by atoms with E-state index in [1.54, 1.807) is 24.3 Å². The summed E-state index contributed by atoms with van der Waals surface area (Å²) < 4.78 is 59.2. The van der Waals surface area contributed by atoms with Crippen LogP contribution in [0.4, 0.5) is 8.78 Å². The van der Waals surface area contributed by atoms with E-state index in [0.717, 1.165) is 12.1 Å². The molecule has 0 aliphatic heterocycles. The molecule has 0 saturated heterocycles. The second kappa shape index (κ2) is 8.07. The highest BCUT2D eigenvalue weighted by molar-refractivity contribution is 7.91. The normalized spacial score (nSPS) is 11.6. The summed E-state index contributed by atoms with van der Waals surface area (Å²) in [5.41, 5.74) is 0.472. The average Bonchev–Trinajstić information content (AvgIpc) is 3.15. The lowest BCUT2D eigenvalue weighted by Crippen LogP contribution is -2.17. The van der Waals surface area contributed by atoms with Crippen LogP contribution >= 0.6 is 11.6 Å². The Hall–Kier alpha value is -2.78. The fourth-order valence-corrected chi connectivity index (χ4v) is 3.37. The Balaban J connectivity index is 1.75. The molecule has 28 heavy (non-hydrogen) atoms. The average molecular weight is 428 g/mol. The molecule has 1 aromatic heterocycles. The monoisotopic (exact) mass is 427 g/mol.